The fraction of sp³-hybridized carbons (Fsp3) is 0.200. The van der Waals surface area contributed by atoms with Gasteiger partial charge in [0, 0.05) is 11.1 Å². The Balaban J connectivity index is 2.79. The van der Waals surface area contributed by atoms with Crippen molar-refractivity contribution in [1.29, 1.82) is 0 Å². The van der Waals surface area contributed by atoms with Gasteiger partial charge in [0.15, 0.2) is 5.78 Å². The van der Waals surface area contributed by atoms with Crippen molar-refractivity contribution < 1.29 is 22.6 Å². The molecule has 1 aliphatic carbocycles. The second-order valence-corrected chi connectivity index (χ2v) is 6.57. The minimum Gasteiger partial charge on any atom is -0.292 e. The van der Waals surface area contributed by atoms with Gasteiger partial charge >= 0.3 is 0 Å². The molecular formula is C10H6Cl2O5S. The van der Waals surface area contributed by atoms with Crippen LogP contribution >= 0.6 is 23.2 Å². The summed E-state index contributed by atoms with van der Waals surface area (Å²) in [4.78, 5) is 23.9. The van der Waals surface area contributed by atoms with E-state index in [0.29, 0.717) is 0 Å². The van der Waals surface area contributed by atoms with Gasteiger partial charge in [0.2, 0.25) is 5.78 Å². The quantitative estimate of drug-likeness (QED) is 0.627. The van der Waals surface area contributed by atoms with Crippen LogP contribution in [-0.2, 0) is 10.1 Å². The van der Waals surface area contributed by atoms with Gasteiger partial charge < -0.3 is 0 Å². The van der Waals surface area contributed by atoms with Gasteiger partial charge in [0.1, 0.15) is 5.38 Å². The molecule has 0 amide bonds. The van der Waals surface area contributed by atoms with Crippen molar-refractivity contribution in [3.63, 3.8) is 0 Å². The van der Waals surface area contributed by atoms with E-state index in [2.05, 4.69) is 0 Å². The number of hydrogen-bond acceptors (Lipinski definition) is 4. The van der Waals surface area contributed by atoms with Gasteiger partial charge in [-0.1, -0.05) is 35.9 Å². The molecule has 0 radical (unpaired) electrons. The van der Waals surface area contributed by atoms with E-state index in [1.54, 1.807) is 0 Å². The Morgan fingerprint density at radius 3 is 2.17 bits per heavy atom. The fourth-order valence-electron chi connectivity index (χ4n) is 1.75. The molecular weight excluding hydrogens is 303 g/mol. The summed E-state index contributed by atoms with van der Waals surface area (Å²) in [6.45, 7) is 0. The van der Waals surface area contributed by atoms with E-state index in [9.17, 15) is 18.0 Å². The van der Waals surface area contributed by atoms with Gasteiger partial charge in [-0.05, 0) is 0 Å². The number of carbonyl (C=O) groups excluding carboxylic acids is 2. The summed E-state index contributed by atoms with van der Waals surface area (Å²) >= 11 is 11.3. The third-order valence-electron chi connectivity index (χ3n) is 2.68. The van der Waals surface area contributed by atoms with Crippen molar-refractivity contribution in [1.82, 2.24) is 0 Å². The van der Waals surface area contributed by atoms with Crippen LogP contribution in [0.3, 0.4) is 0 Å². The molecule has 96 valence electrons. The molecule has 0 aromatic heterocycles. The van der Waals surface area contributed by atoms with Crippen LogP contribution in [0, 0.1) is 0 Å². The van der Waals surface area contributed by atoms with Crippen molar-refractivity contribution in [3.8, 4) is 0 Å². The Hall–Kier alpha value is -0.950. The van der Waals surface area contributed by atoms with E-state index >= 15 is 0 Å². The summed E-state index contributed by atoms with van der Waals surface area (Å²) in [6.07, 6.45) is 0. The Kier molecular flexibility index (Phi) is 3.02. The van der Waals surface area contributed by atoms with Crippen LogP contribution in [0.15, 0.2) is 24.3 Å². The van der Waals surface area contributed by atoms with Gasteiger partial charge in [-0.15, -0.1) is 11.6 Å². The molecule has 0 spiro atoms. The van der Waals surface area contributed by atoms with Crippen molar-refractivity contribution in [3.05, 3.63) is 35.4 Å². The highest BCUT2D eigenvalue weighted by Crippen LogP contribution is 2.40. The molecule has 2 unspecified atom stereocenters. The van der Waals surface area contributed by atoms with E-state index < -0.39 is 31.3 Å². The summed E-state index contributed by atoms with van der Waals surface area (Å²) in [5, 5.41) is -1.88. The van der Waals surface area contributed by atoms with Crippen molar-refractivity contribution in [2.24, 2.45) is 0 Å². The van der Waals surface area contributed by atoms with Crippen molar-refractivity contribution in [2.75, 3.05) is 0 Å². The number of alkyl halides is 2. The number of fused-ring (bicyclic) bond motifs is 1. The van der Waals surface area contributed by atoms with E-state index in [4.69, 9.17) is 27.8 Å². The zero-order valence-corrected chi connectivity index (χ0v) is 11.0. The zero-order valence-electron chi connectivity index (χ0n) is 8.63. The van der Waals surface area contributed by atoms with Crippen LogP contribution in [0.25, 0.3) is 0 Å². The maximum Gasteiger partial charge on any atom is 0.294 e. The molecule has 0 heterocycles. The van der Waals surface area contributed by atoms with Crippen LogP contribution in [0.4, 0.5) is 0 Å². The number of halogens is 2. The molecule has 0 bridgehead atoms. The molecule has 2 rings (SSSR count). The molecule has 0 saturated carbocycles. The molecule has 0 saturated heterocycles. The van der Waals surface area contributed by atoms with Crippen LogP contribution in [-0.4, -0.2) is 34.1 Å². The predicted molar refractivity (Wildman–Crippen MR) is 64.9 cm³/mol. The molecule has 2 atom stereocenters. The highest BCUT2D eigenvalue weighted by molar-refractivity contribution is 7.90. The molecule has 1 aromatic rings. The Morgan fingerprint density at radius 2 is 1.67 bits per heavy atom. The van der Waals surface area contributed by atoms with Gasteiger partial charge in [-0.25, -0.2) is 0 Å². The first-order valence-corrected chi connectivity index (χ1v) is 6.94. The lowest BCUT2D eigenvalue weighted by molar-refractivity contribution is 0.0880. The first kappa shape index (κ1) is 13.5. The van der Waals surface area contributed by atoms with E-state index in [-0.39, 0.29) is 11.1 Å². The lowest BCUT2D eigenvalue weighted by atomic mass is 9.88. The normalized spacial score (nSPS) is 28.1. The number of carbonyl (C=O) groups is 2. The summed E-state index contributed by atoms with van der Waals surface area (Å²) in [6, 6.07) is 5.54. The molecule has 8 heteroatoms. The van der Waals surface area contributed by atoms with Gasteiger partial charge in [0.05, 0.1) is 0 Å². The minimum absolute atomic E-state index is 0.0116. The average Bonchev–Trinajstić information content (AvgIpc) is 2.32. The molecule has 1 aliphatic rings. The summed E-state index contributed by atoms with van der Waals surface area (Å²) < 4.78 is 28.7. The van der Waals surface area contributed by atoms with Crippen LogP contribution in [0.5, 0.6) is 0 Å². The van der Waals surface area contributed by atoms with Gasteiger partial charge in [0.25, 0.3) is 14.3 Å². The molecule has 0 aliphatic heterocycles. The average molecular weight is 309 g/mol. The lowest BCUT2D eigenvalue weighted by Crippen LogP contribution is -2.55. The van der Waals surface area contributed by atoms with Gasteiger partial charge in [-0.3, -0.25) is 14.1 Å². The minimum atomic E-state index is -5.04. The topological polar surface area (TPSA) is 88.5 Å². The Bertz CT molecular complexity index is 654. The molecule has 1 aromatic carbocycles. The zero-order chi connectivity index (χ0) is 13.7. The standard InChI is InChI=1S/C10H6Cl2O5S/c11-8-7(13)5-3-1-2-4-6(5)9(14)10(8,12)18(15,16)17/h1-4,8H,(H,15,16,17). The number of rotatable bonds is 1. The predicted octanol–water partition coefficient (Wildman–Crippen LogP) is 1.50. The molecule has 1 N–H and O–H groups in total. The SMILES string of the molecule is O=C1c2ccccc2C(=O)C(Cl)(S(=O)(=O)O)C1Cl. The van der Waals surface area contributed by atoms with E-state index in [1.165, 1.54) is 24.3 Å². The highest BCUT2D eigenvalue weighted by atomic mass is 35.5. The van der Waals surface area contributed by atoms with Crippen LogP contribution in [0.2, 0.25) is 0 Å². The maximum atomic E-state index is 12.0. The molecule has 0 fully saturated rings. The first-order chi connectivity index (χ1) is 8.21. The molecule has 18 heavy (non-hydrogen) atoms. The number of hydrogen-bond donors (Lipinski definition) is 1. The Morgan fingerprint density at radius 1 is 1.17 bits per heavy atom. The van der Waals surface area contributed by atoms with Crippen molar-refractivity contribution in [2.45, 2.75) is 9.58 Å². The number of Topliss-reactive ketones (excluding diaryl/α,β-unsaturated/α-hetero) is 2. The number of ketones is 2. The Labute approximate surface area is 112 Å². The largest absolute Gasteiger partial charge is 0.294 e. The molecule has 5 nitrogen and oxygen atoms in total. The lowest BCUT2D eigenvalue weighted by Gasteiger charge is -2.31. The maximum absolute atomic E-state index is 12.0. The smallest absolute Gasteiger partial charge is 0.292 e. The van der Waals surface area contributed by atoms with Crippen LogP contribution in [0.1, 0.15) is 20.7 Å². The van der Waals surface area contributed by atoms with E-state index in [1.807, 2.05) is 0 Å². The van der Waals surface area contributed by atoms with E-state index in [0.717, 1.165) is 0 Å². The summed E-state index contributed by atoms with van der Waals surface area (Å²) in [7, 11) is -5.04. The highest BCUT2D eigenvalue weighted by Gasteiger charge is 2.60. The van der Waals surface area contributed by atoms with Gasteiger partial charge in [-0.2, -0.15) is 8.42 Å². The fourth-order valence-corrected chi connectivity index (χ4v) is 3.22. The second-order valence-electron chi connectivity index (χ2n) is 3.72. The first-order valence-electron chi connectivity index (χ1n) is 4.69. The number of benzene rings is 1. The van der Waals surface area contributed by atoms with Crippen molar-refractivity contribution >= 4 is 44.9 Å². The summed E-state index contributed by atoms with van der Waals surface area (Å²) in [5.74, 6) is -1.93. The second kappa shape index (κ2) is 4.03. The third kappa shape index (κ3) is 1.60. The third-order valence-corrected chi connectivity index (χ3v) is 5.59. The monoisotopic (exact) mass is 308 g/mol. The van der Waals surface area contributed by atoms with Crippen LogP contribution < -0.4 is 0 Å². The summed E-state index contributed by atoms with van der Waals surface area (Å²) in [5.41, 5.74) is -0.186.